The van der Waals surface area contributed by atoms with Crippen molar-refractivity contribution < 1.29 is 9.21 Å². The van der Waals surface area contributed by atoms with Crippen molar-refractivity contribution in [1.82, 2.24) is 10.3 Å². The number of nitrogens with zero attached hydrogens (tertiary/aromatic N) is 1. The van der Waals surface area contributed by atoms with Gasteiger partial charge in [0.15, 0.2) is 5.89 Å². The molecule has 0 spiro atoms. The van der Waals surface area contributed by atoms with Gasteiger partial charge in [0.05, 0.1) is 6.20 Å². The summed E-state index contributed by atoms with van der Waals surface area (Å²) < 4.78 is 5.33. The van der Waals surface area contributed by atoms with E-state index < -0.39 is 0 Å². The number of nitrogens with one attached hydrogen (secondary N) is 1. The molecule has 0 unspecified atom stereocenters. The van der Waals surface area contributed by atoms with Crippen molar-refractivity contribution >= 4 is 5.91 Å². The zero-order chi connectivity index (χ0) is 13.0. The van der Waals surface area contributed by atoms with Crippen LogP contribution < -0.4 is 5.32 Å². The molecular formula is C14H16N2O2. The second-order valence-corrected chi connectivity index (χ2v) is 4.24. The highest BCUT2D eigenvalue weighted by atomic mass is 16.4. The highest BCUT2D eigenvalue weighted by Crippen LogP contribution is 2.04. The van der Waals surface area contributed by atoms with Crippen molar-refractivity contribution in [2.24, 2.45) is 0 Å². The molecule has 0 saturated heterocycles. The van der Waals surface area contributed by atoms with E-state index in [9.17, 15) is 4.79 Å². The number of rotatable bonds is 4. The lowest BCUT2D eigenvalue weighted by Gasteiger charge is -2.04. The lowest BCUT2D eigenvalue weighted by molar-refractivity contribution is 0.0953. The highest BCUT2D eigenvalue weighted by molar-refractivity contribution is 5.94. The van der Waals surface area contributed by atoms with E-state index in [4.69, 9.17) is 4.42 Å². The molecule has 0 aliphatic rings. The van der Waals surface area contributed by atoms with Crippen LogP contribution in [0.3, 0.4) is 0 Å². The topological polar surface area (TPSA) is 55.1 Å². The van der Waals surface area contributed by atoms with Crippen molar-refractivity contribution in [2.75, 3.05) is 6.54 Å². The third-order valence-corrected chi connectivity index (χ3v) is 2.57. The number of hydrogen-bond donors (Lipinski definition) is 1. The van der Waals surface area contributed by atoms with Crippen LogP contribution in [0.4, 0.5) is 0 Å². The van der Waals surface area contributed by atoms with Gasteiger partial charge in [-0.05, 0) is 26.0 Å². The zero-order valence-corrected chi connectivity index (χ0v) is 10.6. The summed E-state index contributed by atoms with van der Waals surface area (Å²) in [6.07, 6.45) is 2.28. The molecule has 1 aromatic carbocycles. The smallest absolute Gasteiger partial charge is 0.251 e. The van der Waals surface area contributed by atoms with Crippen LogP contribution in [0.1, 0.15) is 27.6 Å². The Morgan fingerprint density at radius 2 is 2.22 bits per heavy atom. The summed E-state index contributed by atoms with van der Waals surface area (Å²) in [5, 5.41) is 2.84. The first-order valence-corrected chi connectivity index (χ1v) is 5.91. The Hall–Kier alpha value is -2.10. The largest absolute Gasteiger partial charge is 0.446 e. The van der Waals surface area contributed by atoms with Gasteiger partial charge in [0, 0.05) is 18.5 Å². The number of hydrogen-bond acceptors (Lipinski definition) is 3. The Kier molecular flexibility index (Phi) is 3.77. The van der Waals surface area contributed by atoms with Gasteiger partial charge in [-0.2, -0.15) is 0 Å². The van der Waals surface area contributed by atoms with Crippen molar-refractivity contribution in [3.8, 4) is 0 Å². The average molecular weight is 244 g/mol. The molecule has 0 saturated carbocycles. The second-order valence-electron chi connectivity index (χ2n) is 4.24. The molecule has 0 aliphatic carbocycles. The molecule has 0 atom stereocenters. The minimum atomic E-state index is -0.0676. The van der Waals surface area contributed by atoms with Crippen LogP contribution in [-0.4, -0.2) is 17.4 Å². The highest BCUT2D eigenvalue weighted by Gasteiger charge is 2.06. The first-order chi connectivity index (χ1) is 8.65. The van der Waals surface area contributed by atoms with Gasteiger partial charge >= 0.3 is 0 Å². The molecule has 1 amide bonds. The molecule has 2 aromatic rings. The van der Waals surface area contributed by atoms with E-state index in [1.54, 1.807) is 12.3 Å². The van der Waals surface area contributed by atoms with Gasteiger partial charge in [-0.25, -0.2) is 4.98 Å². The SMILES string of the molecule is Cc1cccc(C(=O)NCCc2ncc(C)o2)c1. The Morgan fingerprint density at radius 1 is 1.39 bits per heavy atom. The summed E-state index contributed by atoms with van der Waals surface area (Å²) in [5.74, 6) is 1.37. The van der Waals surface area contributed by atoms with Gasteiger partial charge in [-0.1, -0.05) is 17.7 Å². The van der Waals surface area contributed by atoms with Gasteiger partial charge in [-0.15, -0.1) is 0 Å². The lowest BCUT2D eigenvalue weighted by Crippen LogP contribution is -2.25. The van der Waals surface area contributed by atoms with E-state index in [0.717, 1.165) is 11.3 Å². The van der Waals surface area contributed by atoms with Crippen molar-refractivity contribution in [1.29, 1.82) is 0 Å². The summed E-state index contributed by atoms with van der Waals surface area (Å²) in [5.41, 5.74) is 1.75. The Labute approximate surface area is 106 Å². The molecule has 0 fully saturated rings. The molecule has 0 radical (unpaired) electrons. The molecule has 0 bridgehead atoms. The fourth-order valence-electron chi connectivity index (χ4n) is 1.69. The van der Waals surface area contributed by atoms with Crippen molar-refractivity contribution in [3.63, 3.8) is 0 Å². The fourth-order valence-corrected chi connectivity index (χ4v) is 1.69. The predicted octanol–water partition coefficient (Wildman–Crippen LogP) is 2.26. The molecule has 94 valence electrons. The van der Waals surface area contributed by atoms with Crippen LogP contribution in [0.15, 0.2) is 34.9 Å². The predicted molar refractivity (Wildman–Crippen MR) is 68.5 cm³/mol. The third-order valence-electron chi connectivity index (χ3n) is 2.57. The number of aryl methyl sites for hydroxylation is 2. The van der Waals surface area contributed by atoms with Gasteiger partial charge in [-0.3, -0.25) is 4.79 Å². The zero-order valence-electron chi connectivity index (χ0n) is 10.6. The van der Waals surface area contributed by atoms with Crippen LogP contribution in [0.5, 0.6) is 0 Å². The summed E-state index contributed by atoms with van der Waals surface area (Å²) in [7, 11) is 0. The fraction of sp³-hybridized carbons (Fsp3) is 0.286. The number of aromatic nitrogens is 1. The van der Waals surface area contributed by atoms with E-state index in [1.165, 1.54) is 0 Å². The number of oxazole rings is 1. The Bertz CT molecular complexity index is 546. The number of benzene rings is 1. The average Bonchev–Trinajstić information content (AvgIpc) is 2.75. The summed E-state index contributed by atoms with van der Waals surface area (Å²) in [6.45, 7) is 4.33. The quantitative estimate of drug-likeness (QED) is 0.897. The van der Waals surface area contributed by atoms with Crippen LogP contribution >= 0.6 is 0 Å². The van der Waals surface area contributed by atoms with Gasteiger partial charge in [0.2, 0.25) is 0 Å². The van der Waals surface area contributed by atoms with E-state index >= 15 is 0 Å². The van der Waals surface area contributed by atoms with Crippen LogP contribution in [0.2, 0.25) is 0 Å². The maximum Gasteiger partial charge on any atom is 0.251 e. The Balaban J connectivity index is 1.85. The van der Waals surface area contributed by atoms with E-state index in [1.807, 2.05) is 32.0 Å². The van der Waals surface area contributed by atoms with Crippen LogP contribution in [-0.2, 0) is 6.42 Å². The molecule has 4 heteroatoms. The Morgan fingerprint density at radius 3 is 2.89 bits per heavy atom. The summed E-state index contributed by atoms with van der Waals surface area (Å²) in [6, 6.07) is 7.51. The maximum absolute atomic E-state index is 11.8. The minimum Gasteiger partial charge on any atom is -0.446 e. The van der Waals surface area contributed by atoms with Crippen LogP contribution in [0, 0.1) is 13.8 Å². The summed E-state index contributed by atoms with van der Waals surface area (Å²) >= 11 is 0. The van der Waals surface area contributed by atoms with E-state index in [0.29, 0.717) is 24.4 Å². The molecular weight excluding hydrogens is 228 g/mol. The van der Waals surface area contributed by atoms with Crippen molar-refractivity contribution in [2.45, 2.75) is 20.3 Å². The van der Waals surface area contributed by atoms with Crippen LogP contribution in [0.25, 0.3) is 0 Å². The normalized spacial score (nSPS) is 10.3. The third kappa shape index (κ3) is 3.20. The number of amides is 1. The molecule has 0 aliphatic heterocycles. The monoisotopic (exact) mass is 244 g/mol. The minimum absolute atomic E-state index is 0.0676. The molecule has 18 heavy (non-hydrogen) atoms. The number of carbonyl (C=O) groups is 1. The molecule has 4 nitrogen and oxygen atoms in total. The molecule has 1 N–H and O–H groups in total. The van der Waals surface area contributed by atoms with Gasteiger partial charge < -0.3 is 9.73 Å². The first kappa shape index (κ1) is 12.4. The van der Waals surface area contributed by atoms with Crippen molar-refractivity contribution in [3.05, 3.63) is 53.2 Å². The lowest BCUT2D eigenvalue weighted by atomic mass is 10.1. The first-order valence-electron chi connectivity index (χ1n) is 5.91. The van der Waals surface area contributed by atoms with Gasteiger partial charge in [0.25, 0.3) is 5.91 Å². The molecule has 1 heterocycles. The number of carbonyl (C=O) groups excluding carboxylic acids is 1. The molecule has 1 aromatic heterocycles. The van der Waals surface area contributed by atoms with E-state index in [2.05, 4.69) is 10.3 Å². The standard InChI is InChI=1S/C14H16N2O2/c1-10-4-3-5-12(8-10)14(17)15-7-6-13-16-9-11(2)18-13/h3-5,8-9H,6-7H2,1-2H3,(H,15,17). The summed E-state index contributed by atoms with van der Waals surface area (Å²) in [4.78, 5) is 15.9. The maximum atomic E-state index is 11.8. The second kappa shape index (κ2) is 5.49. The van der Waals surface area contributed by atoms with E-state index in [-0.39, 0.29) is 5.91 Å². The molecule has 2 rings (SSSR count). The van der Waals surface area contributed by atoms with Gasteiger partial charge in [0.1, 0.15) is 5.76 Å².